The highest BCUT2D eigenvalue weighted by molar-refractivity contribution is 8.13. The highest BCUT2D eigenvalue weighted by Crippen LogP contribution is 2.21. The number of methoxy groups -OCH3 is 1. The molecule has 0 saturated carbocycles. The summed E-state index contributed by atoms with van der Waals surface area (Å²) in [6.45, 7) is 4.65. The molecule has 0 unspecified atom stereocenters. The maximum atomic E-state index is 5.98. The summed E-state index contributed by atoms with van der Waals surface area (Å²) < 4.78 is 10.8. The third-order valence-electron chi connectivity index (χ3n) is 3.26. The maximum absolute atomic E-state index is 5.98. The van der Waals surface area contributed by atoms with E-state index in [9.17, 15) is 0 Å². The topological polar surface area (TPSA) is 56.8 Å². The molecule has 0 aromatic heterocycles. The van der Waals surface area contributed by atoms with E-state index in [1.54, 1.807) is 7.11 Å². The van der Waals surface area contributed by atoms with Crippen LogP contribution in [-0.2, 0) is 0 Å². The summed E-state index contributed by atoms with van der Waals surface area (Å²) in [4.78, 5) is 4.47. The number of ether oxygens (including phenoxy) is 2. The standard InChI is InChI=1S/C18H22N2O2S/c1-13-4-5-14(2)17(12-13)20-18(19)23-11-10-22-16-8-6-15(21-3)7-9-16/h4-9,12H,10-11H2,1-3H3,(H2,19,20). The van der Waals surface area contributed by atoms with Gasteiger partial charge in [0.15, 0.2) is 5.17 Å². The van der Waals surface area contributed by atoms with Crippen molar-refractivity contribution >= 4 is 22.6 Å². The van der Waals surface area contributed by atoms with E-state index in [1.807, 2.05) is 44.2 Å². The fraction of sp³-hybridized carbons (Fsp3) is 0.278. The Hall–Kier alpha value is -2.14. The van der Waals surface area contributed by atoms with Gasteiger partial charge in [0, 0.05) is 5.75 Å². The lowest BCUT2D eigenvalue weighted by Crippen LogP contribution is -2.10. The van der Waals surface area contributed by atoms with E-state index in [1.165, 1.54) is 17.3 Å². The predicted octanol–water partition coefficient (Wildman–Crippen LogP) is 4.07. The smallest absolute Gasteiger partial charge is 0.159 e. The van der Waals surface area contributed by atoms with E-state index in [0.29, 0.717) is 11.8 Å². The Morgan fingerprint density at radius 1 is 1.09 bits per heavy atom. The molecule has 0 amide bonds. The molecule has 0 spiro atoms. The molecule has 2 aromatic rings. The fourth-order valence-electron chi connectivity index (χ4n) is 1.97. The molecule has 0 heterocycles. The van der Waals surface area contributed by atoms with Gasteiger partial charge in [-0.05, 0) is 55.3 Å². The van der Waals surface area contributed by atoms with E-state index in [4.69, 9.17) is 15.2 Å². The summed E-state index contributed by atoms with van der Waals surface area (Å²) in [5.74, 6) is 2.37. The second kappa shape index (κ2) is 8.48. The SMILES string of the molecule is COc1ccc(OCCSC(N)=Nc2cc(C)ccc2C)cc1. The van der Waals surface area contributed by atoms with Crippen molar-refractivity contribution in [3.05, 3.63) is 53.6 Å². The Morgan fingerprint density at radius 3 is 2.48 bits per heavy atom. The van der Waals surface area contributed by atoms with Crippen LogP contribution in [0.3, 0.4) is 0 Å². The van der Waals surface area contributed by atoms with Crippen molar-refractivity contribution in [2.24, 2.45) is 10.7 Å². The molecule has 2 aromatic carbocycles. The van der Waals surface area contributed by atoms with Crippen LogP contribution in [0.2, 0.25) is 0 Å². The Labute approximate surface area is 141 Å². The lowest BCUT2D eigenvalue weighted by Gasteiger charge is -2.07. The minimum absolute atomic E-state index is 0.553. The average Bonchev–Trinajstić information content (AvgIpc) is 2.55. The minimum atomic E-state index is 0.553. The number of rotatable bonds is 6. The van der Waals surface area contributed by atoms with E-state index < -0.39 is 0 Å². The zero-order valence-electron chi connectivity index (χ0n) is 13.7. The number of aliphatic imine (C=N–C) groups is 1. The molecule has 0 aliphatic heterocycles. The van der Waals surface area contributed by atoms with Gasteiger partial charge < -0.3 is 15.2 Å². The quantitative estimate of drug-likeness (QED) is 0.493. The van der Waals surface area contributed by atoms with Crippen LogP contribution in [0.5, 0.6) is 11.5 Å². The van der Waals surface area contributed by atoms with Crippen molar-refractivity contribution in [1.29, 1.82) is 0 Å². The molecule has 0 aliphatic rings. The number of hydrogen-bond donors (Lipinski definition) is 1. The summed E-state index contributed by atoms with van der Waals surface area (Å²) >= 11 is 1.49. The van der Waals surface area contributed by atoms with Crippen LogP contribution in [0.15, 0.2) is 47.5 Å². The second-order valence-electron chi connectivity index (χ2n) is 5.11. The molecule has 4 nitrogen and oxygen atoms in total. The molecule has 23 heavy (non-hydrogen) atoms. The molecule has 2 rings (SSSR count). The van der Waals surface area contributed by atoms with Crippen LogP contribution in [-0.4, -0.2) is 24.6 Å². The van der Waals surface area contributed by atoms with Crippen molar-refractivity contribution < 1.29 is 9.47 Å². The van der Waals surface area contributed by atoms with Crippen molar-refractivity contribution in [2.45, 2.75) is 13.8 Å². The van der Waals surface area contributed by atoms with E-state index >= 15 is 0 Å². The normalized spacial score (nSPS) is 11.3. The Morgan fingerprint density at radius 2 is 1.78 bits per heavy atom. The van der Waals surface area contributed by atoms with Gasteiger partial charge in [-0.15, -0.1) is 0 Å². The van der Waals surface area contributed by atoms with Gasteiger partial charge in [-0.3, -0.25) is 0 Å². The molecule has 2 N–H and O–H groups in total. The van der Waals surface area contributed by atoms with Crippen LogP contribution in [0, 0.1) is 13.8 Å². The molecule has 0 aliphatic carbocycles. The number of aryl methyl sites for hydroxylation is 2. The number of hydrogen-bond acceptors (Lipinski definition) is 4. The maximum Gasteiger partial charge on any atom is 0.159 e. The molecule has 0 fully saturated rings. The summed E-state index contributed by atoms with van der Waals surface area (Å²) in [6.07, 6.45) is 0. The summed E-state index contributed by atoms with van der Waals surface area (Å²) in [5.41, 5.74) is 9.20. The number of nitrogens with zero attached hydrogens (tertiary/aromatic N) is 1. The van der Waals surface area contributed by atoms with E-state index in [-0.39, 0.29) is 0 Å². The van der Waals surface area contributed by atoms with E-state index in [2.05, 4.69) is 17.1 Å². The molecular formula is C18H22N2O2S. The first kappa shape index (κ1) is 17.2. The first-order chi connectivity index (χ1) is 11.1. The van der Waals surface area contributed by atoms with Crippen molar-refractivity contribution in [2.75, 3.05) is 19.5 Å². The van der Waals surface area contributed by atoms with Crippen molar-refractivity contribution in [3.63, 3.8) is 0 Å². The summed E-state index contributed by atoms with van der Waals surface area (Å²) in [7, 11) is 1.64. The number of thioether (sulfide) groups is 1. The van der Waals surface area contributed by atoms with Gasteiger partial charge in [0.05, 0.1) is 19.4 Å². The van der Waals surface area contributed by atoms with Gasteiger partial charge in [0.25, 0.3) is 0 Å². The van der Waals surface area contributed by atoms with Crippen molar-refractivity contribution in [3.8, 4) is 11.5 Å². The molecule has 0 radical (unpaired) electrons. The average molecular weight is 330 g/mol. The number of benzene rings is 2. The number of amidine groups is 1. The van der Waals surface area contributed by atoms with Crippen molar-refractivity contribution in [1.82, 2.24) is 0 Å². The highest BCUT2D eigenvalue weighted by atomic mass is 32.2. The fourth-order valence-corrected chi connectivity index (χ4v) is 2.51. The summed E-state index contributed by atoms with van der Waals surface area (Å²) in [6, 6.07) is 13.7. The lowest BCUT2D eigenvalue weighted by atomic mass is 10.1. The molecule has 0 atom stereocenters. The Balaban J connectivity index is 1.80. The van der Waals surface area contributed by atoms with Crippen LogP contribution in [0.1, 0.15) is 11.1 Å². The third-order valence-corrected chi connectivity index (χ3v) is 4.01. The summed E-state index contributed by atoms with van der Waals surface area (Å²) in [5, 5.41) is 0.553. The van der Waals surface area contributed by atoms with Gasteiger partial charge >= 0.3 is 0 Å². The first-order valence-electron chi connectivity index (χ1n) is 7.39. The van der Waals surface area contributed by atoms with Gasteiger partial charge in [0.2, 0.25) is 0 Å². The number of nitrogens with two attached hydrogens (primary N) is 1. The molecule has 0 bridgehead atoms. The minimum Gasteiger partial charge on any atom is -0.497 e. The zero-order valence-corrected chi connectivity index (χ0v) is 14.5. The molecule has 122 valence electrons. The largest absolute Gasteiger partial charge is 0.497 e. The van der Waals surface area contributed by atoms with Crippen LogP contribution in [0.25, 0.3) is 0 Å². The zero-order chi connectivity index (χ0) is 16.7. The Kier molecular flexibility index (Phi) is 6.35. The second-order valence-corrected chi connectivity index (χ2v) is 6.23. The highest BCUT2D eigenvalue weighted by Gasteiger charge is 2.01. The first-order valence-corrected chi connectivity index (χ1v) is 8.38. The predicted molar refractivity (Wildman–Crippen MR) is 98.1 cm³/mol. The van der Waals surface area contributed by atoms with Crippen LogP contribution < -0.4 is 15.2 Å². The molecule has 5 heteroatoms. The monoisotopic (exact) mass is 330 g/mol. The molecular weight excluding hydrogens is 308 g/mol. The van der Waals surface area contributed by atoms with Crippen LogP contribution >= 0.6 is 11.8 Å². The molecule has 0 saturated heterocycles. The van der Waals surface area contributed by atoms with E-state index in [0.717, 1.165) is 28.5 Å². The lowest BCUT2D eigenvalue weighted by molar-refractivity contribution is 0.343. The van der Waals surface area contributed by atoms with Crippen LogP contribution in [0.4, 0.5) is 5.69 Å². The van der Waals surface area contributed by atoms with Gasteiger partial charge in [-0.1, -0.05) is 23.9 Å². The van der Waals surface area contributed by atoms with Gasteiger partial charge in [0.1, 0.15) is 11.5 Å². The Bertz CT molecular complexity index is 669. The van der Waals surface area contributed by atoms with Gasteiger partial charge in [-0.25, -0.2) is 4.99 Å². The third kappa shape index (κ3) is 5.53. The van der Waals surface area contributed by atoms with Gasteiger partial charge in [-0.2, -0.15) is 0 Å².